The van der Waals surface area contributed by atoms with Crippen LogP contribution in [0.15, 0.2) is 12.2 Å². The SMILES string of the molecule is CCCCCCCC/C=C\CCCCCCCCCCCC(=O)OCC(COCCCCCCCCCC)OC(=O)CCCCCCCCCCCCCCCCC. The number of carbonyl (C=O) groups excluding carboxylic acids is 2. The summed E-state index contributed by atoms with van der Waals surface area (Å²) in [5.41, 5.74) is 0. The van der Waals surface area contributed by atoms with Crippen LogP contribution in [0.1, 0.15) is 290 Å². The van der Waals surface area contributed by atoms with Gasteiger partial charge in [-0.3, -0.25) is 9.59 Å². The van der Waals surface area contributed by atoms with E-state index in [0.717, 1.165) is 32.1 Å². The van der Waals surface area contributed by atoms with Crippen LogP contribution >= 0.6 is 0 Å². The molecule has 0 aromatic heterocycles. The van der Waals surface area contributed by atoms with Crippen molar-refractivity contribution < 1.29 is 23.8 Å². The van der Waals surface area contributed by atoms with Gasteiger partial charge in [0.2, 0.25) is 0 Å². The second-order valence-electron chi connectivity index (χ2n) is 17.8. The Morgan fingerprint density at radius 3 is 1.05 bits per heavy atom. The fourth-order valence-electron chi connectivity index (χ4n) is 7.86. The molecule has 5 nitrogen and oxygen atoms in total. The maximum Gasteiger partial charge on any atom is 0.306 e. The molecule has 0 bridgehead atoms. The smallest absolute Gasteiger partial charge is 0.306 e. The molecule has 1 unspecified atom stereocenters. The number of rotatable bonds is 49. The molecule has 58 heavy (non-hydrogen) atoms. The zero-order valence-electron chi connectivity index (χ0n) is 39.6. The van der Waals surface area contributed by atoms with Gasteiger partial charge < -0.3 is 14.2 Å². The molecule has 0 amide bonds. The second-order valence-corrected chi connectivity index (χ2v) is 17.8. The molecular formula is C53H102O5. The van der Waals surface area contributed by atoms with E-state index in [9.17, 15) is 9.59 Å². The second kappa shape index (κ2) is 50.0. The Hall–Kier alpha value is -1.36. The quantitative estimate of drug-likeness (QED) is 0.0348. The van der Waals surface area contributed by atoms with Gasteiger partial charge in [-0.05, 0) is 44.9 Å². The van der Waals surface area contributed by atoms with Crippen molar-refractivity contribution in [3.63, 3.8) is 0 Å². The molecule has 0 radical (unpaired) electrons. The first-order valence-corrected chi connectivity index (χ1v) is 26.2. The normalized spacial score (nSPS) is 12.1. The lowest BCUT2D eigenvalue weighted by atomic mass is 10.0. The monoisotopic (exact) mass is 819 g/mol. The standard InChI is InChI=1S/C53H102O5/c1-4-7-10-13-16-19-21-23-25-26-27-28-30-31-33-35-37-40-43-46-52(54)57-50-51(49-56-48-45-42-39-18-15-12-9-6-3)58-53(55)47-44-41-38-36-34-32-29-24-22-20-17-14-11-8-5-2/h23,25,51H,4-22,24,26-50H2,1-3H3/b25-23-. The van der Waals surface area contributed by atoms with Crippen LogP contribution < -0.4 is 0 Å². The molecule has 0 saturated carbocycles. The topological polar surface area (TPSA) is 61.8 Å². The molecule has 0 aromatic carbocycles. The summed E-state index contributed by atoms with van der Waals surface area (Å²) in [6.45, 7) is 7.87. The summed E-state index contributed by atoms with van der Waals surface area (Å²) in [6, 6.07) is 0. The van der Waals surface area contributed by atoms with E-state index in [1.807, 2.05) is 0 Å². The Kier molecular flexibility index (Phi) is 48.8. The van der Waals surface area contributed by atoms with Gasteiger partial charge in [0.1, 0.15) is 6.61 Å². The van der Waals surface area contributed by atoms with Crippen LogP contribution in [0.3, 0.4) is 0 Å². The molecule has 0 heterocycles. The fourth-order valence-corrected chi connectivity index (χ4v) is 7.86. The maximum atomic E-state index is 12.8. The summed E-state index contributed by atoms with van der Waals surface area (Å²) < 4.78 is 17.4. The van der Waals surface area contributed by atoms with E-state index in [1.165, 1.54) is 225 Å². The van der Waals surface area contributed by atoms with Gasteiger partial charge in [-0.2, -0.15) is 0 Å². The van der Waals surface area contributed by atoms with E-state index >= 15 is 0 Å². The first-order valence-electron chi connectivity index (χ1n) is 26.2. The molecule has 0 N–H and O–H groups in total. The van der Waals surface area contributed by atoms with Gasteiger partial charge >= 0.3 is 11.9 Å². The van der Waals surface area contributed by atoms with Crippen molar-refractivity contribution in [1.82, 2.24) is 0 Å². The Morgan fingerprint density at radius 2 is 0.672 bits per heavy atom. The lowest BCUT2D eigenvalue weighted by molar-refractivity contribution is -0.163. The van der Waals surface area contributed by atoms with Crippen molar-refractivity contribution >= 4 is 11.9 Å². The molecule has 1 atom stereocenters. The predicted octanol–water partition coefficient (Wildman–Crippen LogP) is 17.5. The summed E-state index contributed by atoms with van der Waals surface area (Å²) in [6.07, 6.45) is 56.5. The van der Waals surface area contributed by atoms with Crippen LogP contribution in [0.25, 0.3) is 0 Å². The summed E-state index contributed by atoms with van der Waals surface area (Å²) in [4.78, 5) is 25.3. The third-order valence-corrected chi connectivity index (χ3v) is 11.8. The van der Waals surface area contributed by atoms with Crippen molar-refractivity contribution in [3.8, 4) is 0 Å². The molecular weight excluding hydrogens is 717 g/mol. The van der Waals surface area contributed by atoms with Crippen molar-refractivity contribution in [3.05, 3.63) is 12.2 Å². The first kappa shape index (κ1) is 56.6. The molecule has 344 valence electrons. The van der Waals surface area contributed by atoms with E-state index in [4.69, 9.17) is 14.2 Å². The molecule has 0 fully saturated rings. The van der Waals surface area contributed by atoms with Gasteiger partial charge in [0, 0.05) is 19.4 Å². The van der Waals surface area contributed by atoms with Crippen LogP contribution in [0, 0.1) is 0 Å². The number of hydrogen-bond donors (Lipinski definition) is 0. The minimum Gasteiger partial charge on any atom is -0.462 e. The molecule has 0 aliphatic rings. The van der Waals surface area contributed by atoms with Crippen LogP contribution in [0.5, 0.6) is 0 Å². The number of hydrogen-bond acceptors (Lipinski definition) is 5. The van der Waals surface area contributed by atoms with Gasteiger partial charge in [0.05, 0.1) is 6.61 Å². The molecule has 0 spiro atoms. The minimum absolute atomic E-state index is 0.0930. The third-order valence-electron chi connectivity index (χ3n) is 11.8. The number of ether oxygens (including phenoxy) is 3. The van der Waals surface area contributed by atoms with Gasteiger partial charge in [-0.25, -0.2) is 0 Å². The van der Waals surface area contributed by atoms with E-state index in [1.54, 1.807) is 0 Å². The molecule has 0 aliphatic carbocycles. The highest BCUT2D eigenvalue weighted by Gasteiger charge is 2.17. The van der Waals surface area contributed by atoms with E-state index in [2.05, 4.69) is 32.9 Å². The predicted molar refractivity (Wildman–Crippen MR) is 252 cm³/mol. The lowest BCUT2D eigenvalue weighted by Gasteiger charge is -2.18. The number of carbonyl (C=O) groups is 2. The lowest BCUT2D eigenvalue weighted by Crippen LogP contribution is -2.30. The van der Waals surface area contributed by atoms with Gasteiger partial charge in [0.25, 0.3) is 0 Å². The summed E-state index contributed by atoms with van der Waals surface area (Å²) >= 11 is 0. The fraction of sp³-hybridized carbons (Fsp3) is 0.925. The molecule has 0 aromatic rings. The highest BCUT2D eigenvalue weighted by Crippen LogP contribution is 2.16. The van der Waals surface area contributed by atoms with Crippen LogP contribution in [0.4, 0.5) is 0 Å². The van der Waals surface area contributed by atoms with Crippen molar-refractivity contribution in [1.29, 1.82) is 0 Å². The maximum absolute atomic E-state index is 12.8. The average Bonchev–Trinajstić information content (AvgIpc) is 3.22. The van der Waals surface area contributed by atoms with Crippen LogP contribution in [0.2, 0.25) is 0 Å². The van der Waals surface area contributed by atoms with E-state index in [-0.39, 0.29) is 18.5 Å². The summed E-state index contributed by atoms with van der Waals surface area (Å²) in [5.74, 6) is -0.380. The Bertz CT molecular complexity index is 840. The summed E-state index contributed by atoms with van der Waals surface area (Å²) in [7, 11) is 0. The molecule has 0 rings (SSSR count). The minimum atomic E-state index is -0.525. The van der Waals surface area contributed by atoms with Gasteiger partial charge in [-0.1, -0.05) is 245 Å². The summed E-state index contributed by atoms with van der Waals surface area (Å²) in [5, 5.41) is 0. The van der Waals surface area contributed by atoms with Crippen LogP contribution in [-0.4, -0.2) is 37.9 Å². The van der Waals surface area contributed by atoms with Crippen LogP contribution in [-0.2, 0) is 23.8 Å². The Labute approximate surface area is 363 Å². The van der Waals surface area contributed by atoms with E-state index in [0.29, 0.717) is 26.1 Å². The molecule has 0 saturated heterocycles. The van der Waals surface area contributed by atoms with Crippen molar-refractivity contribution in [2.45, 2.75) is 297 Å². The first-order chi connectivity index (χ1) is 28.6. The number of allylic oxidation sites excluding steroid dienone is 2. The van der Waals surface area contributed by atoms with Crippen molar-refractivity contribution in [2.75, 3.05) is 19.8 Å². The highest BCUT2D eigenvalue weighted by molar-refractivity contribution is 5.70. The van der Waals surface area contributed by atoms with Crippen molar-refractivity contribution in [2.24, 2.45) is 0 Å². The third kappa shape index (κ3) is 47.3. The Balaban J connectivity index is 4.08. The molecule has 5 heteroatoms. The average molecular weight is 819 g/mol. The zero-order valence-corrected chi connectivity index (χ0v) is 39.6. The largest absolute Gasteiger partial charge is 0.462 e. The van der Waals surface area contributed by atoms with E-state index < -0.39 is 6.10 Å². The van der Waals surface area contributed by atoms with Gasteiger partial charge in [0.15, 0.2) is 6.10 Å². The van der Waals surface area contributed by atoms with Gasteiger partial charge in [-0.15, -0.1) is 0 Å². The molecule has 0 aliphatic heterocycles. The number of esters is 2. The highest BCUT2D eigenvalue weighted by atomic mass is 16.6. The Morgan fingerprint density at radius 1 is 0.362 bits per heavy atom. The number of unbranched alkanes of at least 4 members (excludes halogenated alkanes) is 36. The zero-order chi connectivity index (χ0) is 42.1.